The predicted molar refractivity (Wildman–Crippen MR) is 89.4 cm³/mol. The maximum absolute atomic E-state index is 5.42. The Balaban J connectivity index is 1.81. The molecule has 0 atom stereocenters. The van der Waals surface area contributed by atoms with Gasteiger partial charge in [-0.05, 0) is 74.8 Å². The molecule has 0 bridgehead atoms. The van der Waals surface area contributed by atoms with Crippen LogP contribution in [-0.4, -0.2) is 6.61 Å². The summed E-state index contributed by atoms with van der Waals surface area (Å²) in [6, 6.07) is 7.98. The molecule has 0 N–H and O–H groups in total. The van der Waals surface area contributed by atoms with Crippen LogP contribution in [0.1, 0.15) is 51.5 Å². The van der Waals surface area contributed by atoms with E-state index in [9.17, 15) is 0 Å². The van der Waals surface area contributed by atoms with E-state index in [2.05, 4.69) is 24.8 Å². The molecule has 2 rings (SSSR count). The fourth-order valence-electron chi connectivity index (χ4n) is 2.90. The molecule has 1 aliphatic rings. The van der Waals surface area contributed by atoms with Gasteiger partial charge in [-0.2, -0.15) is 0 Å². The molecule has 1 heteroatoms. The molecule has 1 aromatic carbocycles. The van der Waals surface area contributed by atoms with Crippen molar-refractivity contribution in [3.8, 4) is 17.6 Å². The van der Waals surface area contributed by atoms with Gasteiger partial charge < -0.3 is 4.74 Å². The van der Waals surface area contributed by atoms with Crippen LogP contribution in [-0.2, 0) is 0 Å². The first-order valence-electron chi connectivity index (χ1n) is 8.22. The van der Waals surface area contributed by atoms with Gasteiger partial charge in [-0.15, -0.1) is 0 Å². The van der Waals surface area contributed by atoms with E-state index < -0.39 is 0 Å². The van der Waals surface area contributed by atoms with Gasteiger partial charge in [0.05, 0.1) is 6.61 Å². The topological polar surface area (TPSA) is 9.23 Å². The molecule has 0 amide bonds. The lowest BCUT2D eigenvalue weighted by Gasteiger charge is -2.25. The SMILES string of the molecule is CCOc1ccc(C#C/C=C/[C@H]2CC[C@H](CC)CC2)cc1. The Hall–Kier alpha value is -1.68. The highest BCUT2D eigenvalue weighted by molar-refractivity contribution is 5.40. The zero-order valence-corrected chi connectivity index (χ0v) is 13.3. The van der Waals surface area contributed by atoms with E-state index in [0.717, 1.165) is 23.1 Å². The van der Waals surface area contributed by atoms with Gasteiger partial charge in [0, 0.05) is 5.56 Å². The van der Waals surface area contributed by atoms with Crippen molar-refractivity contribution in [2.45, 2.75) is 46.0 Å². The Morgan fingerprint density at radius 3 is 2.43 bits per heavy atom. The molecule has 0 aliphatic heterocycles. The average Bonchev–Trinajstić information content (AvgIpc) is 2.54. The molecule has 1 saturated carbocycles. The zero-order chi connectivity index (χ0) is 14.9. The van der Waals surface area contributed by atoms with Gasteiger partial charge >= 0.3 is 0 Å². The summed E-state index contributed by atoms with van der Waals surface area (Å²) in [5.74, 6) is 8.94. The normalized spacial score (nSPS) is 21.8. The van der Waals surface area contributed by atoms with Crippen LogP contribution >= 0.6 is 0 Å². The second-order valence-electron chi connectivity index (χ2n) is 5.77. The molecule has 0 aromatic heterocycles. The number of hydrogen-bond donors (Lipinski definition) is 0. The fraction of sp³-hybridized carbons (Fsp3) is 0.500. The summed E-state index contributed by atoms with van der Waals surface area (Å²) in [6.07, 6.45) is 11.1. The minimum atomic E-state index is 0.702. The van der Waals surface area contributed by atoms with E-state index in [0.29, 0.717) is 6.61 Å². The van der Waals surface area contributed by atoms with Crippen LogP contribution in [0.3, 0.4) is 0 Å². The van der Waals surface area contributed by atoms with Crippen LogP contribution in [0.25, 0.3) is 0 Å². The van der Waals surface area contributed by atoms with Gasteiger partial charge in [-0.1, -0.05) is 31.3 Å². The van der Waals surface area contributed by atoms with Crippen molar-refractivity contribution in [3.63, 3.8) is 0 Å². The summed E-state index contributed by atoms with van der Waals surface area (Å²) >= 11 is 0. The number of hydrogen-bond acceptors (Lipinski definition) is 1. The standard InChI is InChI=1S/C20H26O/c1-3-17-9-11-18(12-10-17)7-5-6-8-19-13-15-20(16-14-19)21-4-2/h5,7,13-18H,3-4,9-12H2,1-2H3/b7-5+/t17-,18-. The molecule has 21 heavy (non-hydrogen) atoms. The van der Waals surface area contributed by atoms with Crippen LogP contribution in [0.2, 0.25) is 0 Å². The summed E-state index contributed by atoms with van der Waals surface area (Å²) in [7, 11) is 0. The van der Waals surface area contributed by atoms with Gasteiger partial charge in [-0.3, -0.25) is 0 Å². The second-order valence-corrected chi connectivity index (χ2v) is 5.77. The number of benzene rings is 1. The van der Waals surface area contributed by atoms with E-state index in [1.165, 1.54) is 32.1 Å². The van der Waals surface area contributed by atoms with Crippen molar-refractivity contribution >= 4 is 0 Å². The first-order chi connectivity index (χ1) is 10.3. The van der Waals surface area contributed by atoms with Gasteiger partial charge in [0.1, 0.15) is 5.75 Å². The summed E-state index contributed by atoms with van der Waals surface area (Å²) < 4.78 is 5.42. The van der Waals surface area contributed by atoms with E-state index in [1.54, 1.807) is 0 Å². The first kappa shape index (κ1) is 15.7. The zero-order valence-electron chi connectivity index (χ0n) is 13.3. The highest BCUT2D eigenvalue weighted by atomic mass is 16.5. The molecule has 1 aromatic rings. The maximum Gasteiger partial charge on any atom is 0.119 e. The smallest absolute Gasteiger partial charge is 0.119 e. The highest BCUT2D eigenvalue weighted by Crippen LogP contribution is 2.31. The van der Waals surface area contributed by atoms with Gasteiger partial charge in [0.2, 0.25) is 0 Å². The molecule has 1 aliphatic carbocycles. The van der Waals surface area contributed by atoms with Crippen molar-refractivity contribution in [1.29, 1.82) is 0 Å². The molecule has 112 valence electrons. The number of rotatable bonds is 4. The summed E-state index contributed by atoms with van der Waals surface area (Å²) in [5, 5.41) is 0. The van der Waals surface area contributed by atoms with E-state index >= 15 is 0 Å². The van der Waals surface area contributed by atoms with Crippen LogP contribution in [0, 0.1) is 23.7 Å². The largest absolute Gasteiger partial charge is 0.494 e. The Morgan fingerprint density at radius 1 is 1.10 bits per heavy atom. The quantitative estimate of drug-likeness (QED) is 0.689. The molecule has 1 nitrogen and oxygen atoms in total. The third-order valence-corrected chi connectivity index (χ3v) is 4.30. The van der Waals surface area contributed by atoms with Gasteiger partial charge in [0.15, 0.2) is 0 Å². The number of allylic oxidation sites excluding steroid dienone is 2. The summed E-state index contributed by atoms with van der Waals surface area (Å²) in [5.41, 5.74) is 1.04. The Kier molecular flexibility index (Phi) is 6.41. The van der Waals surface area contributed by atoms with E-state index in [4.69, 9.17) is 4.74 Å². The summed E-state index contributed by atoms with van der Waals surface area (Å²) in [4.78, 5) is 0. The minimum Gasteiger partial charge on any atom is -0.494 e. The Morgan fingerprint density at radius 2 is 1.81 bits per heavy atom. The van der Waals surface area contributed by atoms with E-state index in [-0.39, 0.29) is 0 Å². The van der Waals surface area contributed by atoms with Crippen molar-refractivity contribution in [3.05, 3.63) is 42.0 Å². The first-order valence-corrected chi connectivity index (χ1v) is 8.22. The molecule has 0 spiro atoms. The van der Waals surface area contributed by atoms with Gasteiger partial charge in [0.25, 0.3) is 0 Å². The Bertz CT molecular complexity index is 493. The lowest BCUT2D eigenvalue weighted by molar-refractivity contribution is 0.304. The lowest BCUT2D eigenvalue weighted by Crippen LogP contribution is -2.11. The molecule has 0 saturated heterocycles. The fourth-order valence-corrected chi connectivity index (χ4v) is 2.90. The lowest BCUT2D eigenvalue weighted by atomic mass is 9.81. The molecule has 1 fully saturated rings. The third-order valence-electron chi connectivity index (χ3n) is 4.30. The molecular weight excluding hydrogens is 256 g/mol. The van der Waals surface area contributed by atoms with Crippen molar-refractivity contribution in [2.75, 3.05) is 6.61 Å². The van der Waals surface area contributed by atoms with Crippen LogP contribution < -0.4 is 4.74 Å². The maximum atomic E-state index is 5.42. The minimum absolute atomic E-state index is 0.702. The monoisotopic (exact) mass is 282 g/mol. The molecule has 0 radical (unpaired) electrons. The summed E-state index contributed by atoms with van der Waals surface area (Å²) in [6.45, 7) is 5.00. The van der Waals surface area contributed by atoms with Crippen LogP contribution in [0.5, 0.6) is 5.75 Å². The van der Waals surface area contributed by atoms with E-state index in [1.807, 2.05) is 37.3 Å². The second kappa shape index (κ2) is 8.57. The van der Waals surface area contributed by atoms with Crippen LogP contribution in [0.4, 0.5) is 0 Å². The highest BCUT2D eigenvalue weighted by Gasteiger charge is 2.17. The van der Waals surface area contributed by atoms with Crippen LogP contribution in [0.15, 0.2) is 36.4 Å². The average molecular weight is 282 g/mol. The van der Waals surface area contributed by atoms with Crippen molar-refractivity contribution in [1.82, 2.24) is 0 Å². The third kappa shape index (κ3) is 5.31. The van der Waals surface area contributed by atoms with Gasteiger partial charge in [-0.25, -0.2) is 0 Å². The van der Waals surface area contributed by atoms with Crippen molar-refractivity contribution in [2.24, 2.45) is 11.8 Å². The Labute approximate surface area is 129 Å². The number of ether oxygens (including phenoxy) is 1. The molecule has 0 unspecified atom stereocenters. The molecular formula is C20H26O. The molecule has 0 heterocycles. The predicted octanol–water partition coefficient (Wildman–Crippen LogP) is 5.21. The van der Waals surface area contributed by atoms with Crippen molar-refractivity contribution < 1.29 is 4.74 Å².